The summed E-state index contributed by atoms with van der Waals surface area (Å²) >= 11 is 1.51. The van der Waals surface area contributed by atoms with Gasteiger partial charge in [0.2, 0.25) is 23.6 Å². The summed E-state index contributed by atoms with van der Waals surface area (Å²) in [5, 5.41) is 21.2. The number of carbonyl (C=O) groups excluding carboxylic acids is 5. The van der Waals surface area contributed by atoms with Crippen molar-refractivity contribution in [2.75, 3.05) is 32.2 Å². The number of carbonyl (C=O) groups is 5. The summed E-state index contributed by atoms with van der Waals surface area (Å²) in [6, 6.07) is 11.6. The van der Waals surface area contributed by atoms with Crippen LogP contribution in [-0.4, -0.2) is 85.0 Å². The second-order valence-corrected chi connectivity index (χ2v) is 13.9. The molecule has 0 aromatic heterocycles. The smallest absolute Gasteiger partial charge is 0.305 e. The number of rotatable bonds is 20. The number of phenols is 1. The van der Waals surface area contributed by atoms with Crippen molar-refractivity contribution in [3.05, 3.63) is 65.2 Å². The molecule has 3 atom stereocenters. The van der Waals surface area contributed by atoms with Crippen molar-refractivity contribution >= 4 is 41.4 Å². The number of nitrogens with two attached hydrogens (primary N) is 1. The molecule has 2 rings (SSSR count). The maximum absolute atomic E-state index is 13.2. The van der Waals surface area contributed by atoms with Crippen molar-refractivity contribution in [1.82, 2.24) is 21.3 Å². The van der Waals surface area contributed by atoms with Crippen LogP contribution < -0.4 is 27.0 Å². The molecule has 12 nitrogen and oxygen atoms in total. The van der Waals surface area contributed by atoms with Crippen LogP contribution in [0.15, 0.2) is 48.5 Å². The zero-order chi connectivity index (χ0) is 36.4. The Hall–Kier alpha value is -4.10. The van der Waals surface area contributed by atoms with Crippen LogP contribution in [0.2, 0.25) is 0 Å². The Kier molecular flexibility index (Phi) is 17.7. The fourth-order valence-corrected chi connectivity index (χ4v) is 5.52. The molecule has 0 aliphatic heterocycles. The number of benzene rings is 2. The third kappa shape index (κ3) is 15.3. The van der Waals surface area contributed by atoms with E-state index in [1.54, 1.807) is 12.1 Å². The van der Waals surface area contributed by atoms with E-state index in [1.165, 1.54) is 18.9 Å². The molecule has 0 saturated carbocycles. The fraction of sp³-hybridized carbons (Fsp3) is 0.528. The van der Waals surface area contributed by atoms with Crippen LogP contribution in [0.1, 0.15) is 69.6 Å². The zero-order valence-corrected chi connectivity index (χ0v) is 30.1. The van der Waals surface area contributed by atoms with Crippen molar-refractivity contribution in [2.24, 2.45) is 5.73 Å². The summed E-state index contributed by atoms with van der Waals surface area (Å²) < 4.78 is 4.64. The van der Waals surface area contributed by atoms with E-state index in [1.807, 2.05) is 63.4 Å². The molecule has 0 radical (unpaired) electrons. The van der Waals surface area contributed by atoms with Crippen molar-refractivity contribution < 1.29 is 33.8 Å². The molecule has 2 aromatic rings. The van der Waals surface area contributed by atoms with Crippen LogP contribution >= 0.6 is 11.8 Å². The molecule has 4 amide bonds. The molecule has 0 saturated heterocycles. The number of amides is 4. The Morgan fingerprint density at radius 2 is 1.55 bits per heavy atom. The van der Waals surface area contributed by atoms with Crippen LogP contribution in [-0.2, 0) is 47.0 Å². The normalized spacial score (nSPS) is 13.0. The Bertz CT molecular complexity index is 1380. The third-order valence-corrected chi connectivity index (χ3v) is 8.49. The number of ether oxygens (including phenoxy) is 1. The molecule has 13 heteroatoms. The predicted molar refractivity (Wildman–Crippen MR) is 192 cm³/mol. The number of aromatic hydroxyl groups is 1. The zero-order valence-electron chi connectivity index (χ0n) is 29.3. The highest BCUT2D eigenvalue weighted by atomic mass is 32.2. The van der Waals surface area contributed by atoms with Gasteiger partial charge < -0.3 is 36.8 Å². The predicted octanol–water partition coefficient (Wildman–Crippen LogP) is 2.49. The molecule has 270 valence electrons. The molecule has 0 aliphatic rings. The van der Waals surface area contributed by atoms with E-state index in [0.29, 0.717) is 38.0 Å². The Balaban J connectivity index is 1.98. The maximum Gasteiger partial charge on any atom is 0.305 e. The number of nitrogens with one attached hydrogen (secondary N) is 4. The van der Waals surface area contributed by atoms with E-state index >= 15 is 0 Å². The number of thioether (sulfide) groups is 1. The molecule has 7 N–H and O–H groups in total. The van der Waals surface area contributed by atoms with Gasteiger partial charge in [-0.3, -0.25) is 24.0 Å². The highest BCUT2D eigenvalue weighted by Crippen LogP contribution is 2.31. The largest absolute Gasteiger partial charge is 0.508 e. The summed E-state index contributed by atoms with van der Waals surface area (Å²) in [5.41, 5.74) is 8.30. The first-order chi connectivity index (χ1) is 23.2. The number of hydrogen-bond acceptors (Lipinski definition) is 9. The van der Waals surface area contributed by atoms with Gasteiger partial charge in [0.25, 0.3) is 0 Å². The topological polar surface area (TPSA) is 189 Å². The van der Waals surface area contributed by atoms with Crippen LogP contribution in [0.3, 0.4) is 0 Å². The highest BCUT2D eigenvalue weighted by Gasteiger charge is 2.26. The van der Waals surface area contributed by atoms with Crippen LogP contribution in [0.5, 0.6) is 5.75 Å². The van der Waals surface area contributed by atoms with Gasteiger partial charge in [-0.2, -0.15) is 11.8 Å². The van der Waals surface area contributed by atoms with Gasteiger partial charge in [-0.05, 0) is 65.9 Å². The quantitative estimate of drug-likeness (QED) is 0.0892. The second-order valence-electron chi connectivity index (χ2n) is 13.0. The van der Waals surface area contributed by atoms with E-state index < -0.39 is 42.4 Å². The molecule has 0 unspecified atom stereocenters. The first-order valence-electron chi connectivity index (χ1n) is 16.6. The van der Waals surface area contributed by atoms with Crippen LogP contribution in [0.25, 0.3) is 0 Å². The van der Waals surface area contributed by atoms with E-state index in [4.69, 9.17) is 5.73 Å². The average Bonchev–Trinajstić information content (AvgIpc) is 3.07. The van der Waals surface area contributed by atoms with Gasteiger partial charge in [0.05, 0.1) is 19.7 Å². The molecule has 0 aliphatic carbocycles. The van der Waals surface area contributed by atoms with Gasteiger partial charge in [-0.25, -0.2) is 0 Å². The lowest BCUT2D eigenvalue weighted by Crippen LogP contribution is -2.54. The lowest BCUT2D eigenvalue weighted by atomic mass is 9.85. The molecular formula is C36H53N5O7S. The van der Waals surface area contributed by atoms with Gasteiger partial charge in [0, 0.05) is 19.4 Å². The van der Waals surface area contributed by atoms with Crippen LogP contribution in [0, 0.1) is 0 Å². The lowest BCUT2D eigenvalue weighted by Gasteiger charge is -2.23. The van der Waals surface area contributed by atoms with Crippen LogP contribution in [0.4, 0.5) is 0 Å². The molecule has 49 heavy (non-hydrogen) atoms. The SMILES string of the molecule is COC(=O)CCCCCNC(=O)[C@H](Cc1ccccc1)NC(=O)CNC(=O)[C@@H](CCSC)NC(=O)[C@H](N)Cc1ccc(O)c(C(C)(C)C)c1. The summed E-state index contributed by atoms with van der Waals surface area (Å²) in [6.45, 7) is 5.91. The Morgan fingerprint density at radius 1 is 0.857 bits per heavy atom. The molecule has 2 aromatic carbocycles. The molecule has 0 spiro atoms. The van der Waals surface area contributed by atoms with E-state index in [-0.39, 0.29) is 35.9 Å². The molecule has 0 heterocycles. The summed E-state index contributed by atoms with van der Waals surface area (Å²) in [7, 11) is 1.34. The lowest BCUT2D eigenvalue weighted by molar-refractivity contribution is -0.140. The molecular weight excluding hydrogens is 646 g/mol. The minimum Gasteiger partial charge on any atom is -0.508 e. The number of methoxy groups -OCH3 is 1. The molecule has 0 fully saturated rings. The fourth-order valence-electron chi connectivity index (χ4n) is 5.04. The van der Waals surface area contributed by atoms with E-state index in [0.717, 1.165) is 23.1 Å². The Morgan fingerprint density at radius 3 is 2.20 bits per heavy atom. The first kappa shape index (κ1) is 41.1. The second kappa shape index (κ2) is 21.1. The van der Waals surface area contributed by atoms with Crippen molar-refractivity contribution in [1.29, 1.82) is 0 Å². The van der Waals surface area contributed by atoms with E-state index in [9.17, 15) is 29.1 Å². The maximum atomic E-state index is 13.2. The molecule has 0 bridgehead atoms. The number of phenolic OH excluding ortho intramolecular Hbond substituents is 1. The minimum atomic E-state index is -0.949. The van der Waals surface area contributed by atoms with Crippen molar-refractivity contribution in [3.63, 3.8) is 0 Å². The summed E-state index contributed by atoms with van der Waals surface area (Å²) in [4.78, 5) is 63.6. The first-order valence-corrected chi connectivity index (χ1v) is 18.0. The average molecular weight is 700 g/mol. The summed E-state index contributed by atoms with van der Waals surface area (Å²) in [6.07, 6.45) is 5.00. The van der Waals surface area contributed by atoms with Gasteiger partial charge in [-0.1, -0.05) is 69.7 Å². The monoisotopic (exact) mass is 699 g/mol. The van der Waals surface area contributed by atoms with Gasteiger partial charge >= 0.3 is 5.97 Å². The number of hydrogen-bond donors (Lipinski definition) is 6. The van der Waals surface area contributed by atoms with Crippen molar-refractivity contribution in [2.45, 2.75) is 89.3 Å². The summed E-state index contributed by atoms with van der Waals surface area (Å²) in [5.74, 6) is -1.50. The van der Waals surface area contributed by atoms with Crippen molar-refractivity contribution in [3.8, 4) is 5.75 Å². The van der Waals surface area contributed by atoms with E-state index in [2.05, 4.69) is 26.0 Å². The minimum absolute atomic E-state index is 0.170. The Labute approximate surface area is 294 Å². The van der Waals surface area contributed by atoms with Gasteiger partial charge in [-0.15, -0.1) is 0 Å². The number of esters is 1. The highest BCUT2D eigenvalue weighted by molar-refractivity contribution is 7.98. The number of unbranched alkanes of at least 4 members (excludes halogenated alkanes) is 2. The third-order valence-electron chi connectivity index (χ3n) is 7.85. The van der Waals surface area contributed by atoms with Gasteiger partial charge in [0.15, 0.2) is 0 Å². The van der Waals surface area contributed by atoms with Gasteiger partial charge in [0.1, 0.15) is 17.8 Å². The standard InChI is InChI=1S/C36H53N5O7S/c1-36(2,3)26-20-25(15-16-30(26)42)21-27(37)33(45)41-28(17-19-49-5)34(46)39-23-31(43)40-29(22-24-12-8-6-9-13-24)35(47)38-18-11-7-10-14-32(44)48-4/h6,8-9,12-13,15-16,20,27-29,42H,7,10-11,14,17-19,21-23,37H2,1-5H3,(H,38,47)(H,39,46)(H,40,43)(H,41,45)/t27-,28-,29+/m1/s1.